The summed E-state index contributed by atoms with van der Waals surface area (Å²) >= 11 is 0. The Bertz CT molecular complexity index is 421. The predicted molar refractivity (Wildman–Crippen MR) is 79.3 cm³/mol. The molecule has 2 aliphatic rings. The molecule has 0 bridgehead atoms. The summed E-state index contributed by atoms with van der Waals surface area (Å²) in [5, 5.41) is 3.46. The first-order valence-corrected chi connectivity index (χ1v) is 6.88. The Balaban J connectivity index is 0.00000133. The van der Waals surface area contributed by atoms with Crippen molar-refractivity contribution in [3.63, 3.8) is 0 Å². The lowest BCUT2D eigenvalue weighted by Crippen LogP contribution is -2.37. The quantitative estimate of drug-likeness (QED) is 0.855. The maximum absolute atomic E-state index is 5.40. The largest absolute Gasteiger partial charge is 0.378 e. The van der Waals surface area contributed by atoms with Crippen LogP contribution in [0.5, 0.6) is 0 Å². The number of nitrogens with zero attached hydrogens (tertiary/aromatic N) is 2. The van der Waals surface area contributed by atoms with Gasteiger partial charge in [0.05, 0.1) is 18.9 Å². The summed E-state index contributed by atoms with van der Waals surface area (Å²) in [5.41, 5.74) is 2.64. The molecule has 4 nitrogen and oxygen atoms in total. The molecule has 0 radical (unpaired) electrons. The van der Waals surface area contributed by atoms with Crippen LogP contribution in [0.3, 0.4) is 0 Å². The van der Waals surface area contributed by atoms with Crippen molar-refractivity contribution in [3.05, 3.63) is 23.4 Å². The first kappa shape index (κ1) is 14.6. The summed E-state index contributed by atoms with van der Waals surface area (Å²) in [7, 11) is 0. The fourth-order valence-corrected chi connectivity index (χ4v) is 2.72. The molecule has 1 saturated heterocycles. The van der Waals surface area contributed by atoms with Crippen LogP contribution in [-0.4, -0.2) is 37.8 Å². The van der Waals surface area contributed by atoms with Gasteiger partial charge in [-0.2, -0.15) is 0 Å². The molecule has 1 N–H and O–H groups in total. The van der Waals surface area contributed by atoms with Crippen molar-refractivity contribution in [1.29, 1.82) is 0 Å². The van der Waals surface area contributed by atoms with Crippen LogP contribution in [0.25, 0.3) is 0 Å². The minimum absolute atomic E-state index is 0. The van der Waals surface area contributed by atoms with Gasteiger partial charge in [0, 0.05) is 19.6 Å². The molecule has 0 aromatic carbocycles. The Morgan fingerprint density at radius 1 is 1.32 bits per heavy atom. The van der Waals surface area contributed by atoms with E-state index < -0.39 is 0 Å². The molecule has 0 amide bonds. The Morgan fingerprint density at radius 2 is 2.11 bits per heavy atom. The fourth-order valence-electron chi connectivity index (χ4n) is 2.72. The summed E-state index contributed by atoms with van der Waals surface area (Å²) in [4.78, 5) is 7.24. The van der Waals surface area contributed by atoms with Gasteiger partial charge in [-0.3, -0.25) is 0 Å². The lowest BCUT2D eigenvalue weighted by Gasteiger charge is -2.28. The number of hydrogen-bond acceptors (Lipinski definition) is 4. The lowest BCUT2D eigenvalue weighted by atomic mass is 10.0. The highest BCUT2D eigenvalue weighted by atomic mass is 35.5. The minimum atomic E-state index is 0. The number of nitrogens with one attached hydrogen (secondary N) is 1. The molecule has 5 heteroatoms. The summed E-state index contributed by atoms with van der Waals surface area (Å²) in [5.74, 6) is 1.67. The Kier molecular flexibility index (Phi) is 5.02. The van der Waals surface area contributed by atoms with Gasteiger partial charge in [0.25, 0.3) is 0 Å². The zero-order chi connectivity index (χ0) is 12.4. The second kappa shape index (κ2) is 6.55. The number of hydrogen-bond donors (Lipinski definition) is 1. The van der Waals surface area contributed by atoms with Crippen molar-refractivity contribution in [2.75, 3.05) is 37.7 Å². The van der Waals surface area contributed by atoms with Gasteiger partial charge in [-0.1, -0.05) is 13.0 Å². The lowest BCUT2D eigenvalue weighted by molar-refractivity contribution is 0.122. The van der Waals surface area contributed by atoms with Crippen molar-refractivity contribution in [1.82, 2.24) is 10.3 Å². The van der Waals surface area contributed by atoms with Gasteiger partial charge >= 0.3 is 0 Å². The Hall–Kier alpha value is -0.840. The van der Waals surface area contributed by atoms with Gasteiger partial charge in [-0.15, -0.1) is 12.4 Å². The van der Waals surface area contributed by atoms with E-state index in [4.69, 9.17) is 9.72 Å². The molecule has 1 atom stereocenters. The van der Waals surface area contributed by atoms with Gasteiger partial charge in [0.2, 0.25) is 0 Å². The molecule has 2 aliphatic heterocycles. The Morgan fingerprint density at radius 3 is 2.89 bits per heavy atom. The number of morpholine rings is 1. The summed E-state index contributed by atoms with van der Waals surface area (Å²) in [6.07, 6.45) is 1.17. The molecule has 1 fully saturated rings. The monoisotopic (exact) mass is 283 g/mol. The molecule has 0 aliphatic carbocycles. The molecule has 1 aromatic heterocycles. The minimum Gasteiger partial charge on any atom is -0.378 e. The van der Waals surface area contributed by atoms with Gasteiger partial charge in [-0.05, 0) is 30.5 Å². The third-order valence-electron chi connectivity index (χ3n) is 3.87. The van der Waals surface area contributed by atoms with Crippen molar-refractivity contribution in [2.45, 2.75) is 25.8 Å². The molecule has 3 heterocycles. The standard InChI is InChI=1S/C14H21N3O.ClH/c1-11-4-5-15-10-12-2-3-13(16-14(11)12)17-6-8-18-9-7-17;/h2-3,11,15H,4-10H2,1H3;1H. The summed E-state index contributed by atoms with van der Waals surface area (Å²) in [6, 6.07) is 4.39. The zero-order valence-corrected chi connectivity index (χ0v) is 12.2. The first-order valence-electron chi connectivity index (χ1n) is 6.88. The van der Waals surface area contributed by atoms with E-state index in [1.165, 1.54) is 17.7 Å². The number of rotatable bonds is 1. The molecular weight excluding hydrogens is 262 g/mol. The van der Waals surface area contributed by atoms with Crippen LogP contribution in [-0.2, 0) is 11.3 Å². The van der Waals surface area contributed by atoms with Gasteiger partial charge in [0.1, 0.15) is 5.82 Å². The second-order valence-electron chi connectivity index (χ2n) is 5.18. The third kappa shape index (κ3) is 3.19. The number of ether oxygens (including phenoxy) is 1. The van der Waals surface area contributed by atoms with Crippen LogP contribution >= 0.6 is 12.4 Å². The van der Waals surface area contributed by atoms with E-state index in [9.17, 15) is 0 Å². The van der Waals surface area contributed by atoms with E-state index in [-0.39, 0.29) is 12.4 Å². The van der Waals surface area contributed by atoms with E-state index in [0.717, 1.165) is 45.2 Å². The summed E-state index contributed by atoms with van der Waals surface area (Å²) < 4.78 is 5.40. The van der Waals surface area contributed by atoms with Crippen LogP contribution in [0.15, 0.2) is 12.1 Å². The zero-order valence-electron chi connectivity index (χ0n) is 11.4. The van der Waals surface area contributed by atoms with Crippen LogP contribution in [0.4, 0.5) is 5.82 Å². The molecule has 19 heavy (non-hydrogen) atoms. The molecule has 106 valence electrons. The van der Waals surface area contributed by atoms with Crippen LogP contribution in [0.2, 0.25) is 0 Å². The maximum Gasteiger partial charge on any atom is 0.128 e. The molecule has 0 saturated carbocycles. The van der Waals surface area contributed by atoms with Crippen LogP contribution < -0.4 is 10.2 Å². The molecular formula is C14H22ClN3O. The molecule has 1 aromatic rings. The Labute approximate surface area is 121 Å². The third-order valence-corrected chi connectivity index (χ3v) is 3.87. The number of pyridine rings is 1. The highest BCUT2D eigenvalue weighted by molar-refractivity contribution is 5.85. The van der Waals surface area contributed by atoms with Crippen molar-refractivity contribution >= 4 is 18.2 Å². The fraction of sp³-hybridized carbons (Fsp3) is 0.643. The van der Waals surface area contributed by atoms with Gasteiger partial charge in [0.15, 0.2) is 0 Å². The van der Waals surface area contributed by atoms with Crippen molar-refractivity contribution in [3.8, 4) is 0 Å². The average Bonchev–Trinajstić information content (AvgIpc) is 2.62. The smallest absolute Gasteiger partial charge is 0.128 e. The predicted octanol–water partition coefficient (Wildman–Crippen LogP) is 1.94. The van der Waals surface area contributed by atoms with Gasteiger partial charge in [-0.25, -0.2) is 4.98 Å². The highest BCUT2D eigenvalue weighted by Crippen LogP contribution is 2.26. The maximum atomic E-state index is 5.40. The number of aromatic nitrogens is 1. The SMILES string of the molecule is CC1CCNCc2ccc(N3CCOCC3)nc21.Cl. The first-order chi connectivity index (χ1) is 8.84. The molecule has 3 rings (SSSR count). The van der Waals surface area contributed by atoms with Gasteiger partial charge < -0.3 is 15.0 Å². The number of halogens is 1. The van der Waals surface area contributed by atoms with Crippen molar-refractivity contribution in [2.24, 2.45) is 0 Å². The van der Waals surface area contributed by atoms with E-state index >= 15 is 0 Å². The highest BCUT2D eigenvalue weighted by Gasteiger charge is 2.19. The normalized spacial score (nSPS) is 23.2. The van der Waals surface area contributed by atoms with Crippen LogP contribution in [0, 0.1) is 0 Å². The topological polar surface area (TPSA) is 37.4 Å². The van der Waals surface area contributed by atoms with Crippen LogP contribution in [0.1, 0.15) is 30.5 Å². The average molecular weight is 284 g/mol. The molecule has 1 unspecified atom stereocenters. The summed E-state index contributed by atoms with van der Waals surface area (Å²) in [6.45, 7) is 7.87. The van der Waals surface area contributed by atoms with E-state index in [2.05, 4.69) is 29.3 Å². The van der Waals surface area contributed by atoms with E-state index in [0.29, 0.717) is 5.92 Å². The van der Waals surface area contributed by atoms with E-state index in [1.54, 1.807) is 0 Å². The number of anilines is 1. The number of fused-ring (bicyclic) bond motifs is 1. The second-order valence-corrected chi connectivity index (χ2v) is 5.18. The van der Waals surface area contributed by atoms with E-state index in [1.807, 2.05) is 0 Å². The molecule has 0 spiro atoms. The van der Waals surface area contributed by atoms with Crippen molar-refractivity contribution < 1.29 is 4.74 Å².